The molecule has 0 unspecified atom stereocenters. The summed E-state index contributed by atoms with van der Waals surface area (Å²) in [5, 5.41) is 11.9. The molecule has 2 N–H and O–H groups in total. The number of para-hydroxylation sites is 1. The highest BCUT2D eigenvalue weighted by molar-refractivity contribution is 5.96. The van der Waals surface area contributed by atoms with E-state index in [1.165, 1.54) is 24.3 Å². The van der Waals surface area contributed by atoms with Crippen LogP contribution in [0.4, 0.5) is 5.69 Å². The van der Waals surface area contributed by atoms with E-state index in [0.717, 1.165) is 16.8 Å². The van der Waals surface area contributed by atoms with Crippen molar-refractivity contribution in [3.05, 3.63) is 59.2 Å². The van der Waals surface area contributed by atoms with Crippen molar-refractivity contribution in [1.82, 2.24) is 0 Å². The van der Waals surface area contributed by atoms with Crippen LogP contribution in [0.15, 0.2) is 42.5 Å². The highest BCUT2D eigenvalue weighted by atomic mass is 16.5. The summed E-state index contributed by atoms with van der Waals surface area (Å²) < 4.78 is 4.95. The third-order valence-corrected chi connectivity index (χ3v) is 3.18. The van der Waals surface area contributed by atoms with E-state index in [4.69, 9.17) is 9.84 Å². The van der Waals surface area contributed by atoms with Gasteiger partial charge < -0.3 is 15.2 Å². The Kier molecular flexibility index (Phi) is 4.78. The van der Waals surface area contributed by atoms with Crippen LogP contribution in [0.3, 0.4) is 0 Å². The van der Waals surface area contributed by atoms with Gasteiger partial charge in [-0.2, -0.15) is 0 Å². The molecule has 5 nitrogen and oxygen atoms in total. The number of nitrogens with one attached hydrogen (secondary N) is 1. The smallest absolute Gasteiger partial charge is 0.338 e. The topological polar surface area (TPSA) is 75.6 Å². The van der Waals surface area contributed by atoms with Gasteiger partial charge in [-0.3, -0.25) is 4.79 Å². The molecule has 0 heterocycles. The summed E-state index contributed by atoms with van der Waals surface area (Å²) in [6.07, 6.45) is 0. The fraction of sp³-hybridized carbons (Fsp3) is 0.176. The number of hydrogen-bond acceptors (Lipinski definition) is 4. The van der Waals surface area contributed by atoms with Gasteiger partial charge in [0.1, 0.15) is 5.75 Å². The van der Waals surface area contributed by atoms with Crippen LogP contribution in [0.1, 0.15) is 21.5 Å². The molecule has 0 atom stereocenters. The summed E-state index contributed by atoms with van der Waals surface area (Å²) in [5.41, 5.74) is 2.89. The van der Waals surface area contributed by atoms with Gasteiger partial charge in [-0.05, 0) is 49.2 Å². The van der Waals surface area contributed by atoms with Gasteiger partial charge >= 0.3 is 5.97 Å². The van der Waals surface area contributed by atoms with E-state index in [-0.39, 0.29) is 17.9 Å². The number of rotatable bonds is 4. The number of esters is 1. The minimum atomic E-state index is -0.614. The number of aryl methyl sites for hydroxylation is 2. The Morgan fingerprint density at radius 1 is 1.05 bits per heavy atom. The third kappa shape index (κ3) is 3.85. The molecule has 114 valence electrons. The molecule has 2 rings (SSSR count). The first kappa shape index (κ1) is 15.6. The van der Waals surface area contributed by atoms with E-state index >= 15 is 0 Å². The Morgan fingerprint density at radius 2 is 1.64 bits per heavy atom. The predicted molar refractivity (Wildman–Crippen MR) is 82.9 cm³/mol. The molecule has 22 heavy (non-hydrogen) atoms. The minimum Gasteiger partial charge on any atom is -0.508 e. The lowest BCUT2D eigenvalue weighted by atomic mass is 10.1. The highest BCUT2D eigenvalue weighted by Crippen LogP contribution is 2.19. The lowest BCUT2D eigenvalue weighted by molar-refractivity contribution is -0.119. The molecule has 0 aliphatic rings. The highest BCUT2D eigenvalue weighted by Gasteiger charge is 2.12. The second-order valence-electron chi connectivity index (χ2n) is 4.94. The standard InChI is InChI=1S/C17H17NO4/c1-11-4-3-5-12(2)16(11)18-15(20)10-22-17(21)13-6-8-14(19)9-7-13/h3-9,19H,10H2,1-2H3,(H,18,20). The van der Waals surface area contributed by atoms with Crippen molar-refractivity contribution in [2.45, 2.75) is 13.8 Å². The van der Waals surface area contributed by atoms with Crippen molar-refractivity contribution >= 4 is 17.6 Å². The van der Waals surface area contributed by atoms with Crippen molar-refractivity contribution in [2.24, 2.45) is 0 Å². The fourth-order valence-electron chi connectivity index (χ4n) is 2.00. The second-order valence-corrected chi connectivity index (χ2v) is 4.94. The average Bonchev–Trinajstić information content (AvgIpc) is 2.49. The molecule has 0 fully saturated rings. The molecular weight excluding hydrogens is 282 g/mol. The van der Waals surface area contributed by atoms with Crippen LogP contribution in [0.25, 0.3) is 0 Å². The van der Waals surface area contributed by atoms with Crippen molar-refractivity contribution < 1.29 is 19.4 Å². The Labute approximate surface area is 128 Å². The van der Waals surface area contributed by atoms with Gasteiger partial charge in [0.2, 0.25) is 0 Å². The van der Waals surface area contributed by atoms with Crippen molar-refractivity contribution in [1.29, 1.82) is 0 Å². The Balaban J connectivity index is 1.93. The van der Waals surface area contributed by atoms with Gasteiger partial charge in [-0.25, -0.2) is 4.79 Å². The summed E-state index contributed by atoms with van der Waals surface area (Å²) in [4.78, 5) is 23.6. The van der Waals surface area contributed by atoms with E-state index in [9.17, 15) is 9.59 Å². The summed E-state index contributed by atoms with van der Waals surface area (Å²) in [7, 11) is 0. The molecule has 0 saturated carbocycles. The normalized spacial score (nSPS) is 10.1. The molecule has 2 aromatic carbocycles. The first-order valence-electron chi connectivity index (χ1n) is 6.79. The molecule has 0 spiro atoms. The second kappa shape index (κ2) is 6.76. The molecular formula is C17H17NO4. The number of carbonyl (C=O) groups is 2. The maximum Gasteiger partial charge on any atom is 0.338 e. The van der Waals surface area contributed by atoms with Gasteiger partial charge in [-0.15, -0.1) is 0 Å². The summed E-state index contributed by atoms with van der Waals surface area (Å²) in [5.74, 6) is -0.953. The zero-order valence-corrected chi connectivity index (χ0v) is 12.4. The first-order chi connectivity index (χ1) is 10.5. The SMILES string of the molecule is Cc1cccc(C)c1NC(=O)COC(=O)c1ccc(O)cc1. The number of ether oxygens (including phenoxy) is 1. The molecule has 0 aromatic heterocycles. The van der Waals surface area contributed by atoms with Crippen LogP contribution < -0.4 is 5.32 Å². The third-order valence-electron chi connectivity index (χ3n) is 3.18. The quantitative estimate of drug-likeness (QED) is 0.851. The lowest BCUT2D eigenvalue weighted by Crippen LogP contribution is -2.21. The maximum absolute atomic E-state index is 11.9. The van der Waals surface area contributed by atoms with Crippen molar-refractivity contribution in [2.75, 3.05) is 11.9 Å². The van der Waals surface area contributed by atoms with E-state index < -0.39 is 11.9 Å². The molecule has 0 radical (unpaired) electrons. The molecule has 2 aromatic rings. The Morgan fingerprint density at radius 3 is 2.23 bits per heavy atom. The number of carbonyl (C=O) groups excluding carboxylic acids is 2. The van der Waals surface area contributed by atoms with Gasteiger partial charge in [0.05, 0.1) is 5.56 Å². The lowest BCUT2D eigenvalue weighted by Gasteiger charge is -2.11. The van der Waals surface area contributed by atoms with Crippen LogP contribution >= 0.6 is 0 Å². The largest absolute Gasteiger partial charge is 0.508 e. The molecule has 0 saturated heterocycles. The van der Waals surface area contributed by atoms with Gasteiger partial charge in [-0.1, -0.05) is 18.2 Å². The summed E-state index contributed by atoms with van der Waals surface area (Å²) in [6, 6.07) is 11.3. The van der Waals surface area contributed by atoms with E-state index in [0.29, 0.717) is 0 Å². The number of anilines is 1. The van der Waals surface area contributed by atoms with Gasteiger partial charge in [0.15, 0.2) is 6.61 Å². The number of phenolic OH excluding ortho intramolecular Hbond substituents is 1. The van der Waals surface area contributed by atoms with Crippen molar-refractivity contribution in [3.63, 3.8) is 0 Å². The molecule has 0 aliphatic carbocycles. The van der Waals surface area contributed by atoms with Crippen LogP contribution in [0.2, 0.25) is 0 Å². The summed E-state index contributed by atoms with van der Waals surface area (Å²) >= 11 is 0. The average molecular weight is 299 g/mol. The van der Waals surface area contributed by atoms with Crippen LogP contribution in [0.5, 0.6) is 5.75 Å². The van der Waals surface area contributed by atoms with E-state index in [1.807, 2.05) is 32.0 Å². The number of amides is 1. The predicted octanol–water partition coefficient (Wildman–Crippen LogP) is 2.80. The molecule has 5 heteroatoms. The first-order valence-corrected chi connectivity index (χ1v) is 6.79. The van der Waals surface area contributed by atoms with Crippen LogP contribution in [-0.2, 0) is 9.53 Å². The monoisotopic (exact) mass is 299 g/mol. The molecule has 0 bridgehead atoms. The Bertz CT molecular complexity index is 672. The fourth-order valence-corrected chi connectivity index (χ4v) is 2.00. The zero-order chi connectivity index (χ0) is 16.1. The van der Waals surface area contributed by atoms with E-state index in [2.05, 4.69) is 5.32 Å². The number of phenols is 1. The van der Waals surface area contributed by atoms with Crippen LogP contribution in [0, 0.1) is 13.8 Å². The number of benzene rings is 2. The van der Waals surface area contributed by atoms with Gasteiger partial charge in [0.25, 0.3) is 5.91 Å². The van der Waals surface area contributed by atoms with E-state index in [1.54, 1.807) is 0 Å². The van der Waals surface area contributed by atoms with Gasteiger partial charge in [0, 0.05) is 5.69 Å². The minimum absolute atomic E-state index is 0.0596. The number of hydrogen-bond donors (Lipinski definition) is 2. The van der Waals surface area contributed by atoms with Crippen molar-refractivity contribution in [3.8, 4) is 5.75 Å². The molecule has 0 aliphatic heterocycles. The van der Waals surface area contributed by atoms with Crippen LogP contribution in [-0.4, -0.2) is 23.6 Å². The number of aromatic hydroxyl groups is 1. The molecule has 1 amide bonds. The maximum atomic E-state index is 11.9. The summed E-state index contributed by atoms with van der Waals surface area (Å²) in [6.45, 7) is 3.42. The zero-order valence-electron chi connectivity index (χ0n) is 12.4. The Hall–Kier alpha value is -2.82.